The molecule has 0 fully saturated rings. The third kappa shape index (κ3) is 3.57. The number of aryl methyl sites for hydroxylation is 2. The first-order valence-electron chi connectivity index (χ1n) is 8.90. The topological polar surface area (TPSA) is 61.4 Å². The first-order valence-corrected chi connectivity index (χ1v) is 8.90. The molecule has 0 radical (unpaired) electrons. The van der Waals surface area contributed by atoms with Crippen molar-refractivity contribution in [1.29, 1.82) is 0 Å². The maximum Gasteiger partial charge on any atom is 0.246 e. The molecule has 0 bridgehead atoms. The lowest BCUT2D eigenvalue weighted by atomic mass is 10.0. The molecule has 0 unspecified atom stereocenters. The zero-order valence-electron chi connectivity index (χ0n) is 15.7. The number of nitrogens with one attached hydrogen (secondary N) is 2. The average Bonchev–Trinajstić information content (AvgIpc) is 2.61. The summed E-state index contributed by atoms with van der Waals surface area (Å²) in [6, 6.07) is 13.3. The smallest absolute Gasteiger partial charge is 0.246 e. The van der Waals surface area contributed by atoms with Crippen LogP contribution in [-0.4, -0.2) is 24.4 Å². The van der Waals surface area contributed by atoms with Crippen LogP contribution < -0.4 is 15.5 Å². The summed E-state index contributed by atoms with van der Waals surface area (Å²) in [4.78, 5) is 26.6. The van der Waals surface area contributed by atoms with E-state index in [0.29, 0.717) is 0 Å². The minimum atomic E-state index is -0.396. The number of anilines is 2. The molecule has 136 valence electrons. The van der Waals surface area contributed by atoms with Crippen LogP contribution in [-0.2, 0) is 9.59 Å². The van der Waals surface area contributed by atoms with Gasteiger partial charge < -0.3 is 15.5 Å². The van der Waals surface area contributed by atoms with Crippen LogP contribution in [0.15, 0.2) is 42.5 Å². The van der Waals surface area contributed by atoms with Gasteiger partial charge in [0.25, 0.3) is 0 Å². The Balaban J connectivity index is 1.73. The number of carbonyl (C=O) groups excluding carboxylic acids is 2. The Labute approximate surface area is 154 Å². The maximum atomic E-state index is 12.6. The van der Waals surface area contributed by atoms with Crippen molar-refractivity contribution >= 4 is 23.2 Å². The second kappa shape index (κ2) is 7.20. The van der Waals surface area contributed by atoms with Crippen molar-refractivity contribution in [2.75, 3.05) is 16.8 Å². The Kier molecular flexibility index (Phi) is 4.98. The molecular formula is C21H25N3O2. The Morgan fingerprint density at radius 2 is 1.92 bits per heavy atom. The van der Waals surface area contributed by atoms with E-state index in [4.69, 9.17) is 0 Å². The zero-order valence-corrected chi connectivity index (χ0v) is 15.7. The first-order chi connectivity index (χ1) is 12.4. The van der Waals surface area contributed by atoms with Gasteiger partial charge in [0.05, 0.1) is 24.0 Å². The predicted molar refractivity (Wildman–Crippen MR) is 104 cm³/mol. The summed E-state index contributed by atoms with van der Waals surface area (Å²) in [6.45, 7) is 8.06. The van der Waals surface area contributed by atoms with Gasteiger partial charge in [-0.05, 0) is 56.5 Å². The summed E-state index contributed by atoms with van der Waals surface area (Å²) in [5.74, 6) is -0.203. The Morgan fingerprint density at radius 3 is 2.65 bits per heavy atom. The number of nitrogens with zero attached hydrogens (tertiary/aromatic N) is 1. The molecule has 5 heteroatoms. The van der Waals surface area contributed by atoms with Gasteiger partial charge in [-0.15, -0.1) is 0 Å². The van der Waals surface area contributed by atoms with Crippen molar-refractivity contribution in [1.82, 2.24) is 5.32 Å². The van der Waals surface area contributed by atoms with Gasteiger partial charge in [-0.3, -0.25) is 9.59 Å². The number of hydrogen-bond donors (Lipinski definition) is 2. The molecule has 1 aliphatic rings. The molecule has 2 N–H and O–H groups in total. The number of hydrogen-bond acceptors (Lipinski definition) is 3. The molecule has 2 amide bonds. The summed E-state index contributed by atoms with van der Waals surface area (Å²) < 4.78 is 0. The molecule has 1 aliphatic heterocycles. The highest BCUT2D eigenvalue weighted by Crippen LogP contribution is 2.31. The molecule has 2 aromatic rings. The predicted octanol–water partition coefficient (Wildman–Crippen LogP) is 3.33. The number of fused-ring (bicyclic) bond motifs is 1. The van der Waals surface area contributed by atoms with Crippen molar-refractivity contribution in [2.45, 2.75) is 39.8 Å². The van der Waals surface area contributed by atoms with Crippen molar-refractivity contribution in [2.24, 2.45) is 0 Å². The minimum Gasteiger partial charge on any atom is -0.349 e. The van der Waals surface area contributed by atoms with Gasteiger partial charge in [-0.2, -0.15) is 0 Å². The Morgan fingerprint density at radius 1 is 1.19 bits per heavy atom. The second-order valence-electron chi connectivity index (χ2n) is 6.94. The van der Waals surface area contributed by atoms with Crippen LogP contribution in [0.1, 0.15) is 36.6 Å². The van der Waals surface area contributed by atoms with E-state index in [9.17, 15) is 9.59 Å². The van der Waals surface area contributed by atoms with Crippen LogP contribution in [0.3, 0.4) is 0 Å². The molecule has 26 heavy (non-hydrogen) atoms. The number of para-hydroxylation sites is 2. The molecule has 2 atom stereocenters. The Bertz CT molecular complexity index is 847. The summed E-state index contributed by atoms with van der Waals surface area (Å²) >= 11 is 0. The molecule has 0 saturated carbocycles. The summed E-state index contributed by atoms with van der Waals surface area (Å²) in [7, 11) is 0. The van der Waals surface area contributed by atoms with Gasteiger partial charge in [-0.25, -0.2) is 0 Å². The highest BCUT2D eigenvalue weighted by Gasteiger charge is 2.30. The normalized spacial score (nSPS) is 17.3. The van der Waals surface area contributed by atoms with Gasteiger partial charge in [0.2, 0.25) is 11.8 Å². The summed E-state index contributed by atoms with van der Waals surface area (Å²) in [5.41, 5.74) is 5.13. The van der Waals surface area contributed by atoms with Gasteiger partial charge in [0.1, 0.15) is 6.04 Å². The van der Waals surface area contributed by atoms with Crippen molar-refractivity contribution < 1.29 is 9.59 Å². The standard InChI is InChI=1S/C21H25N3O2/c1-13-9-10-17(11-14(13)2)15(3)22-20(25)12-24-16(4)21(26)23-18-7-5-6-8-19(18)24/h5-11,15-16H,12H2,1-4H3,(H,22,25)(H,23,26)/t15-,16-/m0/s1. The van der Waals surface area contributed by atoms with Crippen molar-refractivity contribution in [3.63, 3.8) is 0 Å². The monoisotopic (exact) mass is 351 g/mol. The molecule has 2 aromatic carbocycles. The van der Waals surface area contributed by atoms with E-state index in [-0.39, 0.29) is 24.4 Å². The summed E-state index contributed by atoms with van der Waals surface area (Å²) in [5, 5.41) is 5.92. The fourth-order valence-electron chi connectivity index (χ4n) is 3.20. The number of rotatable bonds is 4. The summed E-state index contributed by atoms with van der Waals surface area (Å²) in [6.07, 6.45) is 0. The fraction of sp³-hybridized carbons (Fsp3) is 0.333. The molecular weight excluding hydrogens is 326 g/mol. The number of carbonyl (C=O) groups is 2. The number of amides is 2. The van der Waals surface area contributed by atoms with Crippen molar-refractivity contribution in [3.8, 4) is 0 Å². The fourth-order valence-corrected chi connectivity index (χ4v) is 3.20. The molecule has 0 aromatic heterocycles. The maximum absolute atomic E-state index is 12.6. The molecule has 3 rings (SSSR count). The zero-order chi connectivity index (χ0) is 18.8. The van der Waals surface area contributed by atoms with Crippen molar-refractivity contribution in [3.05, 3.63) is 59.2 Å². The molecule has 5 nitrogen and oxygen atoms in total. The number of benzene rings is 2. The van der Waals surface area contributed by atoms with E-state index in [1.54, 1.807) is 0 Å². The SMILES string of the molecule is Cc1ccc([C@H](C)NC(=O)CN2c3ccccc3NC(=O)[C@@H]2C)cc1C. The largest absolute Gasteiger partial charge is 0.349 e. The lowest BCUT2D eigenvalue weighted by Crippen LogP contribution is -2.50. The molecule has 0 spiro atoms. The van der Waals surface area contributed by atoms with E-state index in [1.807, 2.05) is 49.1 Å². The molecule has 0 aliphatic carbocycles. The van der Waals surface area contributed by atoms with E-state index >= 15 is 0 Å². The van der Waals surface area contributed by atoms with Crippen LogP contribution in [0.2, 0.25) is 0 Å². The molecule has 1 heterocycles. The highest BCUT2D eigenvalue weighted by molar-refractivity contribution is 6.04. The van der Waals surface area contributed by atoms with Crippen LogP contribution in [0.4, 0.5) is 11.4 Å². The second-order valence-corrected chi connectivity index (χ2v) is 6.94. The van der Waals surface area contributed by atoms with E-state index in [2.05, 4.69) is 36.6 Å². The van der Waals surface area contributed by atoms with Crippen LogP contribution >= 0.6 is 0 Å². The van der Waals surface area contributed by atoms with Crippen LogP contribution in [0, 0.1) is 13.8 Å². The third-order valence-electron chi connectivity index (χ3n) is 5.04. The van der Waals surface area contributed by atoms with E-state index in [0.717, 1.165) is 16.9 Å². The Hall–Kier alpha value is -2.82. The van der Waals surface area contributed by atoms with Gasteiger partial charge in [-0.1, -0.05) is 30.3 Å². The van der Waals surface area contributed by atoms with E-state index < -0.39 is 6.04 Å². The van der Waals surface area contributed by atoms with Gasteiger partial charge in [0, 0.05) is 0 Å². The minimum absolute atomic E-state index is 0.0917. The average molecular weight is 351 g/mol. The van der Waals surface area contributed by atoms with Gasteiger partial charge >= 0.3 is 0 Å². The van der Waals surface area contributed by atoms with E-state index in [1.165, 1.54) is 11.1 Å². The lowest BCUT2D eigenvalue weighted by Gasteiger charge is -2.35. The molecule has 0 saturated heterocycles. The van der Waals surface area contributed by atoms with Gasteiger partial charge in [0.15, 0.2) is 0 Å². The highest BCUT2D eigenvalue weighted by atomic mass is 16.2. The van der Waals surface area contributed by atoms with Crippen LogP contribution in [0.25, 0.3) is 0 Å². The first kappa shape index (κ1) is 18.0. The van der Waals surface area contributed by atoms with Crippen LogP contribution in [0.5, 0.6) is 0 Å². The third-order valence-corrected chi connectivity index (χ3v) is 5.04. The lowest BCUT2D eigenvalue weighted by molar-refractivity contribution is -0.120. The quantitative estimate of drug-likeness (QED) is 0.888.